The molecule has 0 spiro atoms. The highest BCUT2D eigenvalue weighted by Crippen LogP contribution is 2.37. The zero-order valence-electron chi connectivity index (χ0n) is 14.3. The maximum absolute atomic E-state index is 12.9. The van der Waals surface area contributed by atoms with Gasteiger partial charge in [-0.3, -0.25) is 14.5 Å². The molecule has 0 bridgehead atoms. The predicted molar refractivity (Wildman–Crippen MR) is 95.7 cm³/mol. The average molecular weight is 400 g/mol. The predicted octanol–water partition coefficient (Wildman–Crippen LogP) is 0.709. The van der Waals surface area contributed by atoms with Gasteiger partial charge < -0.3 is 9.47 Å². The summed E-state index contributed by atoms with van der Waals surface area (Å²) in [4.78, 5) is 26.3. The fourth-order valence-electron chi connectivity index (χ4n) is 2.79. The number of rotatable bonds is 5. The molecule has 26 heavy (non-hydrogen) atoms. The third-order valence-corrected chi connectivity index (χ3v) is 7.02. The van der Waals surface area contributed by atoms with Crippen molar-refractivity contribution in [3.05, 3.63) is 18.2 Å². The Hall–Kier alpha value is -1.62. The van der Waals surface area contributed by atoms with Crippen LogP contribution in [0, 0.1) is 0 Å². The van der Waals surface area contributed by atoms with Crippen LogP contribution in [0.5, 0.6) is 0 Å². The number of anilines is 1. The minimum atomic E-state index is -3.69. The number of carbonyl (C=O) groups is 2. The number of fused-ring (bicyclic) bond motifs is 1. The monoisotopic (exact) mass is 400 g/mol. The number of sulfonamides is 1. The molecule has 0 atom stereocenters. The Labute approximate surface area is 156 Å². The lowest BCUT2D eigenvalue weighted by molar-refractivity contribution is -0.142. The molecule has 1 fully saturated rings. The van der Waals surface area contributed by atoms with E-state index in [1.54, 1.807) is 13.0 Å². The van der Waals surface area contributed by atoms with Crippen molar-refractivity contribution in [3.8, 4) is 0 Å². The van der Waals surface area contributed by atoms with Crippen LogP contribution < -0.4 is 4.90 Å². The number of hydrogen-bond acceptors (Lipinski definition) is 7. The fraction of sp³-hybridized carbons (Fsp3) is 0.500. The topological polar surface area (TPSA) is 93.2 Å². The summed E-state index contributed by atoms with van der Waals surface area (Å²) in [5, 5.41) is 0. The molecule has 1 aromatic rings. The van der Waals surface area contributed by atoms with Crippen molar-refractivity contribution in [2.75, 3.05) is 50.1 Å². The van der Waals surface area contributed by atoms with E-state index in [9.17, 15) is 18.0 Å². The van der Waals surface area contributed by atoms with E-state index >= 15 is 0 Å². The van der Waals surface area contributed by atoms with Gasteiger partial charge in [-0.05, 0) is 25.1 Å². The van der Waals surface area contributed by atoms with Crippen molar-refractivity contribution < 1.29 is 27.5 Å². The number of amides is 1. The molecule has 0 saturated carbocycles. The van der Waals surface area contributed by atoms with Crippen molar-refractivity contribution in [3.63, 3.8) is 0 Å². The zero-order valence-corrected chi connectivity index (χ0v) is 16.0. The molecule has 2 aliphatic rings. The number of ether oxygens (including phenoxy) is 2. The van der Waals surface area contributed by atoms with Crippen LogP contribution in [0.3, 0.4) is 0 Å². The van der Waals surface area contributed by atoms with Gasteiger partial charge in [0.25, 0.3) is 0 Å². The highest BCUT2D eigenvalue weighted by atomic mass is 32.2. The minimum Gasteiger partial charge on any atom is -0.465 e. The lowest BCUT2D eigenvalue weighted by atomic mass is 10.2. The van der Waals surface area contributed by atoms with Crippen LogP contribution in [0.4, 0.5) is 5.69 Å². The maximum Gasteiger partial charge on any atom is 0.326 e. The van der Waals surface area contributed by atoms with Crippen LogP contribution >= 0.6 is 11.8 Å². The molecule has 2 heterocycles. The van der Waals surface area contributed by atoms with Gasteiger partial charge >= 0.3 is 5.97 Å². The highest BCUT2D eigenvalue weighted by molar-refractivity contribution is 8.00. The zero-order chi connectivity index (χ0) is 18.7. The van der Waals surface area contributed by atoms with E-state index in [0.29, 0.717) is 32.0 Å². The van der Waals surface area contributed by atoms with Crippen LogP contribution in [-0.4, -0.2) is 69.8 Å². The third kappa shape index (κ3) is 3.88. The Bertz CT molecular complexity index is 805. The molecular weight excluding hydrogens is 380 g/mol. The molecule has 0 N–H and O–H groups in total. The molecule has 3 rings (SSSR count). The molecule has 1 aromatic carbocycles. The molecule has 2 aliphatic heterocycles. The number of nitrogens with zero attached hydrogens (tertiary/aromatic N) is 2. The number of thioether (sulfide) groups is 1. The van der Waals surface area contributed by atoms with Gasteiger partial charge in [-0.25, -0.2) is 8.42 Å². The van der Waals surface area contributed by atoms with Crippen molar-refractivity contribution in [1.29, 1.82) is 0 Å². The molecule has 1 saturated heterocycles. The Morgan fingerprint density at radius 3 is 2.73 bits per heavy atom. The smallest absolute Gasteiger partial charge is 0.326 e. The highest BCUT2D eigenvalue weighted by Gasteiger charge is 2.31. The number of benzene rings is 1. The SMILES string of the molecule is CCOC(=O)CN1C(=O)CSc2ccc(S(=O)(=O)N3CCOCC3)cc21. The Morgan fingerprint density at radius 2 is 2.04 bits per heavy atom. The summed E-state index contributed by atoms with van der Waals surface area (Å²) in [7, 11) is -3.69. The second-order valence-electron chi connectivity index (χ2n) is 5.72. The first-order chi connectivity index (χ1) is 12.4. The van der Waals surface area contributed by atoms with Crippen molar-refractivity contribution >= 4 is 39.3 Å². The van der Waals surface area contributed by atoms with Gasteiger partial charge in [-0.2, -0.15) is 4.31 Å². The number of morpholine rings is 1. The first kappa shape index (κ1) is 19.2. The third-order valence-electron chi connectivity index (χ3n) is 4.07. The van der Waals surface area contributed by atoms with E-state index in [0.717, 1.165) is 4.90 Å². The molecule has 0 aliphatic carbocycles. The lowest BCUT2D eigenvalue weighted by Crippen LogP contribution is -2.41. The van der Waals surface area contributed by atoms with E-state index in [-0.39, 0.29) is 29.7 Å². The largest absolute Gasteiger partial charge is 0.465 e. The van der Waals surface area contributed by atoms with Gasteiger partial charge in [-0.1, -0.05) is 0 Å². The maximum atomic E-state index is 12.9. The summed E-state index contributed by atoms with van der Waals surface area (Å²) >= 11 is 1.32. The summed E-state index contributed by atoms with van der Waals surface area (Å²) in [5.74, 6) is -0.585. The van der Waals surface area contributed by atoms with Gasteiger partial charge in [0.05, 0.1) is 36.2 Å². The quantitative estimate of drug-likeness (QED) is 0.672. The van der Waals surface area contributed by atoms with Gasteiger partial charge in [0.15, 0.2) is 0 Å². The Kier molecular flexibility index (Phi) is 5.86. The molecule has 10 heteroatoms. The number of carbonyl (C=O) groups excluding carboxylic acids is 2. The molecule has 142 valence electrons. The Balaban J connectivity index is 1.93. The van der Waals surface area contributed by atoms with Gasteiger partial charge in [-0.15, -0.1) is 11.8 Å². The van der Waals surface area contributed by atoms with Gasteiger partial charge in [0.1, 0.15) is 6.54 Å². The fourth-order valence-corrected chi connectivity index (χ4v) is 5.13. The number of hydrogen-bond donors (Lipinski definition) is 0. The van der Waals surface area contributed by atoms with Crippen LogP contribution in [0.1, 0.15) is 6.92 Å². The second kappa shape index (κ2) is 7.95. The van der Waals surface area contributed by atoms with E-state index < -0.39 is 16.0 Å². The summed E-state index contributed by atoms with van der Waals surface area (Å²) in [6.45, 7) is 2.96. The molecule has 0 unspecified atom stereocenters. The molecule has 1 amide bonds. The van der Waals surface area contributed by atoms with E-state index in [4.69, 9.17) is 9.47 Å². The van der Waals surface area contributed by atoms with Crippen LogP contribution in [0.25, 0.3) is 0 Å². The summed E-state index contributed by atoms with van der Waals surface area (Å²) < 4.78 is 37.2. The normalized spacial score (nSPS) is 18.5. The lowest BCUT2D eigenvalue weighted by Gasteiger charge is -2.30. The van der Waals surface area contributed by atoms with Gasteiger partial charge in [0, 0.05) is 18.0 Å². The van der Waals surface area contributed by atoms with E-state index in [2.05, 4.69) is 0 Å². The second-order valence-corrected chi connectivity index (χ2v) is 8.67. The van der Waals surface area contributed by atoms with Crippen LogP contribution in [0.15, 0.2) is 28.0 Å². The molecule has 0 radical (unpaired) electrons. The van der Waals surface area contributed by atoms with Crippen LogP contribution in [-0.2, 0) is 29.1 Å². The minimum absolute atomic E-state index is 0.0994. The van der Waals surface area contributed by atoms with Gasteiger partial charge in [0.2, 0.25) is 15.9 Å². The molecular formula is C16H20N2O6S2. The summed E-state index contributed by atoms with van der Waals surface area (Å²) in [6, 6.07) is 4.68. The van der Waals surface area contributed by atoms with E-state index in [1.807, 2.05) is 0 Å². The van der Waals surface area contributed by atoms with Crippen molar-refractivity contribution in [2.24, 2.45) is 0 Å². The van der Waals surface area contributed by atoms with E-state index in [1.165, 1.54) is 33.1 Å². The van der Waals surface area contributed by atoms with Crippen molar-refractivity contribution in [1.82, 2.24) is 4.31 Å². The first-order valence-corrected chi connectivity index (χ1v) is 10.7. The summed E-state index contributed by atoms with van der Waals surface area (Å²) in [5.41, 5.74) is 0.425. The number of esters is 1. The van der Waals surface area contributed by atoms with Crippen LogP contribution in [0.2, 0.25) is 0 Å². The standard InChI is InChI=1S/C16H20N2O6S2/c1-2-24-16(20)10-18-13-9-12(3-4-14(13)25-11-15(18)19)26(21,22)17-5-7-23-8-6-17/h3-4,9H,2,5-8,10-11H2,1H3. The molecule has 0 aromatic heterocycles. The Morgan fingerprint density at radius 1 is 1.31 bits per heavy atom. The summed E-state index contributed by atoms with van der Waals surface area (Å²) in [6.07, 6.45) is 0. The molecule has 8 nitrogen and oxygen atoms in total. The average Bonchev–Trinajstić information content (AvgIpc) is 2.64. The first-order valence-electron chi connectivity index (χ1n) is 8.24. The van der Waals surface area contributed by atoms with Crippen molar-refractivity contribution in [2.45, 2.75) is 16.7 Å².